The Morgan fingerprint density at radius 3 is 2.40 bits per heavy atom. The van der Waals surface area contributed by atoms with E-state index in [4.69, 9.17) is 0 Å². The van der Waals surface area contributed by atoms with Crippen LogP contribution in [0.25, 0.3) is 0 Å². The van der Waals surface area contributed by atoms with Gasteiger partial charge in [-0.25, -0.2) is 0 Å². The summed E-state index contributed by atoms with van der Waals surface area (Å²) in [6.45, 7) is 1.48. The lowest BCUT2D eigenvalue weighted by Gasteiger charge is -2.19. The third-order valence-electron chi connectivity index (χ3n) is 4.04. The number of carbonyl (C=O) groups excluding carboxylic acids is 2. The van der Waals surface area contributed by atoms with Gasteiger partial charge < -0.3 is 9.88 Å². The molecule has 5 heteroatoms. The molecule has 0 aliphatic rings. The fraction of sp³-hybridized carbons (Fsp3) is 0.150. The van der Waals surface area contributed by atoms with Gasteiger partial charge in [0.25, 0.3) is 5.91 Å². The third kappa shape index (κ3) is 3.66. The number of ketones is 1. The molecule has 0 saturated carbocycles. The molecule has 1 unspecified atom stereocenters. The van der Waals surface area contributed by atoms with Crippen LogP contribution in [0.5, 0.6) is 0 Å². The summed E-state index contributed by atoms with van der Waals surface area (Å²) in [7, 11) is 1.75. The summed E-state index contributed by atoms with van der Waals surface area (Å²) in [4.78, 5) is 28.7. The monoisotopic (exact) mass is 333 g/mol. The van der Waals surface area contributed by atoms with Crippen LogP contribution in [-0.2, 0) is 7.05 Å². The summed E-state index contributed by atoms with van der Waals surface area (Å²) in [6.07, 6.45) is 3.36. The quantitative estimate of drug-likeness (QED) is 0.730. The minimum absolute atomic E-state index is 0.0704. The number of rotatable bonds is 5. The molecule has 1 aromatic carbocycles. The first-order valence-corrected chi connectivity index (χ1v) is 8.00. The lowest BCUT2D eigenvalue weighted by Crippen LogP contribution is -2.31. The zero-order chi connectivity index (χ0) is 17.8. The number of pyridine rings is 1. The molecule has 25 heavy (non-hydrogen) atoms. The molecule has 3 aromatic rings. The molecule has 3 rings (SSSR count). The van der Waals surface area contributed by atoms with Crippen LogP contribution in [0.15, 0.2) is 67.0 Å². The number of aromatic nitrogens is 2. The van der Waals surface area contributed by atoms with Gasteiger partial charge in [0.2, 0.25) is 0 Å². The lowest BCUT2D eigenvalue weighted by atomic mass is 10.0. The zero-order valence-corrected chi connectivity index (χ0v) is 14.1. The standard InChI is InChI=1S/C20H19N3O2/c1-14(24)16-12-18(23(2)13-16)20(25)22-19(15-8-4-3-5-9-15)17-10-6-7-11-21-17/h3-13,19H,1-2H3,(H,22,25). The Morgan fingerprint density at radius 2 is 1.80 bits per heavy atom. The highest BCUT2D eigenvalue weighted by atomic mass is 16.2. The fourth-order valence-corrected chi connectivity index (χ4v) is 2.71. The van der Waals surface area contributed by atoms with E-state index < -0.39 is 0 Å². The van der Waals surface area contributed by atoms with Gasteiger partial charge >= 0.3 is 0 Å². The van der Waals surface area contributed by atoms with E-state index in [1.807, 2.05) is 48.5 Å². The largest absolute Gasteiger partial charge is 0.346 e. The molecule has 0 aliphatic heterocycles. The van der Waals surface area contributed by atoms with Gasteiger partial charge in [0.1, 0.15) is 5.69 Å². The summed E-state index contributed by atoms with van der Waals surface area (Å²) in [5, 5.41) is 3.03. The predicted octanol–water partition coefficient (Wildman–Crippen LogP) is 3.14. The van der Waals surface area contributed by atoms with Crippen molar-refractivity contribution in [2.75, 3.05) is 0 Å². The van der Waals surface area contributed by atoms with Crippen molar-refractivity contribution < 1.29 is 9.59 Å². The highest BCUT2D eigenvalue weighted by molar-refractivity contribution is 5.99. The van der Waals surface area contributed by atoms with Gasteiger partial charge in [-0.2, -0.15) is 0 Å². The smallest absolute Gasteiger partial charge is 0.268 e. The Hall–Kier alpha value is -3.21. The van der Waals surface area contributed by atoms with E-state index in [1.165, 1.54) is 6.92 Å². The van der Waals surface area contributed by atoms with E-state index >= 15 is 0 Å². The normalized spacial score (nSPS) is 11.8. The molecule has 0 bridgehead atoms. The second-order valence-electron chi connectivity index (χ2n) is 5.85. The maximum absolute atomic E-state index is 12.8. The zero-order valence-electron chi connectivity index (χ0n) is 14.1. The summed E-state index contributed by atoms with van der Waals surface area (Å²) < 4.78 is 1.66. The molecule has 1 atom stereocenters. The molecule has 1 N–H and O–H groups in total. The van der Waals surface area contributed by atoms with Crippen molar-refractivity contribution in [3.8, 4) is 0 Å². The minimum atomic E-state index is -0.370. The maximum atomic E-state index is 12.8. The SMILES string of the molecule is CC(=O)c1cc(C(=O)NC(c2ccccc2)c2ccccn2)n(C)c1. The highest BCUT2D eigenvalue weighted by Gasteiger charge is 2.21. The van der Waals surface area contributed by atoms with Gasteiger partial charge in [0.05, 0.1) is 11.7 Å². The van der Waals surface area contributed by atoms with Crippen molar-refractivity contribution in [1.82, 2.24) is 14.9 Å². The van der Waals surface area contributed by atoms with Crippen LogP contribution in [0.2, 0.25) is 0 Å². The summed E-state index contributed by atoms with van der Waals surface area (Å²) >= 11 is 0. The summed E-state index contributed by atoms with van der Waals surface area (Å²) in [5.74, 6) is -0.325. The van der Waals surface area contributed by atoms with E-state index in [1.54, 1.807) is 30.1 Å². The van der Waals surface area contributed by atoms with E-state index in [2.05, 4.69) is 10.3 Å². The Bertz CT molecular complexity index is 846. The number of benzene rings is 1. The second-order valence-corrected chi connectivity index (χ2v) is 5.85. The first-order chi connectivity index (χ1) is 12.1. The molecule has 2 aromatic heterocycles. The molecular formula is C20H19N3O2. The molecule has 2 heterocycles. The molecule has 126 valence electrons. The van der Waals surface area contributed by atoms with Gasteiger partial charge in [-0.05, 0) is 30.7 Å². The van der Waals surface area contributed by atoms with Crippen LogP contribution >= 0.6 is 0 Å². The Kier molecular flexibility index (Phi) is 4.75. The molecule has 0 aliphatic carbocycles. The highest BCUT2D eigenvalue weighted by Crippen LogP contribution is 2.21. The van der Waals surface area contributed by atoms with Crippen LogP contribution < -0.4 is 5.32 Å². The number of hydrogen-bond donors (Lipinski definition) is 1. The van der Waals surface area contributed by atoms with Crippen molar-refractivity contribution in [1.29, 1.82) is 0 Å². The van der Waals surface area contributed by atoms with Gasteiger partial charge in [-0.1, -0.05) is 36.4 Å². The van der Waals surface area contributed by atoms with Crippen molar-refractivity contribution in [2.45, 2.75) is 13.0 Å². The summed E-state index contributed by atoms with van der Waals surface area (Å²) in [5.41, 5.74) is 2.64. The van der Waals surface area contributed by atoms with Crippen LogP contribution in [0, 0.1) is 0 Å². The van der Waals surface area contributed by atoms with E-state index in [9.17, 15) is 9.59 Å². The number of amides is 1. The van der Waals surface area contributed by atoms with Gasteiger partial charge in [0, 0.05) is 25.0 Å². The average Bonchev–Trinajstić information content (AvgIpc) is 3.03. The van der Waals surface area contributed by atoms with Crippen molar-refractivity contribution in [2.24, 2.45) is 7.05 Å². The number of nitrogens with zero attached hydrogens (tertiary/aromatic N) is 2. The lowest BCUT2D eigenvalue weighted by molar-refractivity contribution is 0.0934. The average molecular weight is 333 g/mol. The third-order valence-corrected chi connectivity index (χ3v) is 4.04. The van der Waals surface area contributed by atoms with E-state index in [0.29, 0.717) is 11.3 Å². The fourth-order valence-electron chi connectivity index (χ4n) is 2.71. The molecule has 0 saturated heterocycles. The molecule has 0 fully saturated rings. The number of carbonyl (C=O) groups is 2. The first-order valence-electron chi connectivity index (χ1n) is 8.00. The number of nitrogens with one attached hydrogen (secondary N) is 1. The van der Waals surface area contributed by atoms with Gasteiger partial charge in [-0.3, -0.25) is 14.6 Å². The van der Waals surface area contributed by atoms with Crippen LogP contribution in [0.4, 0.5) is 0 Å². The molecular weight excluding hydrogens is 314 g/mol. The van der Waals surface area contributed by atoms with E-state index in [-0.39, 0.29) is 17.7 Å². The number of Topliss-reactive ketones (excluding diaryl/α,β-unsaturated/α-hetero) is 1. The number of aryl methyl sites for hydroxylation is 1. The topological polar surface area (TPSA) is 64.0 Å². The molecule has 0 spiro atoms. The van der Waals surface area contributed by atoms with E-state index in [0.717, 1.165) is 11.3 Å². The van der Waals surface area contributed by atoms with Gasteiger partial charge in [0.15, 0.2) is 5.78 Å². The Morgan fingerprint density at radius 1 is 1.08 bits per heavy atom. The number of hydrogen-bond acceptors (Lipinski definition) is 3. The molecule has 0 radical (unpaired) electrons. The van der Waals surface area contributed by atoms with Crippen LogP contribution in [0.3, 0.4) is 0 Å². The van der Waals surface area contributed by atoms with Crippen molar-refractivity contribution in [3.63, 3.8) is 0 Å². The molecule has 1 amide bonds. The first kappa shape index (κ1) is 16.6. The second kappa shape index (κ2) is 7.13. The Balaban J connectivity index is 1.93. The Labute approximate surface area is 146 Å². The maximum Gasteiger partial charge on any atom is 0.268 e. The van der Waals surface area contributed by atoms with Crippen molar-refractivity contribution in [3.05, 3.63) is 89.5 Å². The molecule has 5 nitrogen and oxygen atoms in total. The summed E-state index contributed by atoms with van der Waals surface area (Å²) in [6, 6.07) is 16.5. The predicted molar refractivity (Wildman–Crippen MR) is 95.4 cm³/mol. The van der Waals surface area contributed by atoms with Gasteiger partial charge in [-0.15, -0.1) is 0 Å². The minimum Gasteiger partial charge on any atom is -0.346 e. The van der Waals surface area contributed by atoms with Crippen LogP contribution in [-0.4, -0.2) is 21.2 Å². The van der Waals surface area contributed by atoms with Crippen molar-refractivity contribution >= 4 is 11.7 Å². The van der Waals surface area contributed by atoms with Crippen LogP contribution in [0.1, 0.15) is 45.1 Å².